The van der Waals surface area contributed by atoms with Gasteiger partial charge in [-0.05, 0) is 25.1 Å². The number of halogens is 1. The predicted molar refractivity (Wildman–Crippen MR) is 103 cm³/mol. The van der Waals surface area contributed by atoms with E-state index in [2.05, 4.69) is 15.4 Å². The minimum Gasteiger partial charge on any atom is -0.476 e. The molecule has 0 saturated heterocycles. The molecule has 0 aliphatic heterocycles. The molecule has 3 rings (SSSR count). The molecule has 0 spiro atoms. The van der Waals surface area contributed by atoms with Crippen LogP contribution in [0.5, 0.6) is 0 Å². The second-order valence-corrected chi connectivity index (χ2v) is 7.21. The fourth-order valence-corrected chi connectivity index (χ4v) is 3.34. The Morgan fingerprint density at radius 2 is 2.21 bits per heavy atom. The fraction of sp³-hybridized carbons (Fsp3) is 0.167. The number of amides is 1. The number of aromatic carboxylic acids is 1. The molecule has 8 nitrogen and oxygen atoms in total. The summed E-state index contributed by atoms with van der Waals surface area (Å²) in [5.41, 5.74) is 1.94. The van der Waals surface area contributed by atoms with Gasteiger partial charge in [-0.15, -0.1) is 11.3 Å². The van der Waals surface area contributed by atoms with Crippen LogP contribution in [-0.4, -0.2) is 37.8 Å². The van der Waals surface area contributed by atoms with Crippen molar-refractivity contribution in [2.45, 2.75) is 19.5 Å². The van der Waals surface area contributed by atoms with Crippen LogP contribution in [-0.2, 0) is 6.54 Å². The molecule has 1 unspecified atom stereocenters. The van der Waals surface area contributed by atoms with Crippen LogP contribution in [0, 0.1) is 11.3 Å². The maximum atomic E-state index is 12.2. The van der Waals surface area contributed by atoms with Crippen molar-refractivity contribution in [3.8, 4) is 17.3 Å². The minimum absolute atomic E-state index is 0.0719. The van der Waals surface area contributed by atoms with Crippen molar-refractivity contribution >= 4 is 34.8 Å². The number of carbonyl (C=O) groups excluding carboxylic acids is 1. The Bertz CT molecular complexity index is 1090. The Morgan fingerprint density at radius 3 is 2.86 bits per heavy atom. The Labute approximate surface area is 169 Å². The number of aromatic nitrogens is 3. The maximum absolute atomic E-state index is 12.2. The average molecular weight is 416 g/mol. The van der Waals surface area contributed by atoms with Gasteiger partial charge in [-0.3, -0.25) is 9.48 Å². The van der Waals surface area contributed by atoms with Crippen molar-refractivity contribution in [1.29, 1.82) is 5.26 Å². The Morgan fingerprint density at radius 1 is 1.43 bits per heavy atom. The van der Waals surface area contributed by atoms with Crippen molar-refractivity contribution < 1.29 is 14.7 Å². The van der Waals surface area contributed by atoms with Crippen molar-refractivity contribution in [3.63, 3.8) is 0 Å². The summed E-state index contributed by atoms with van der Waals surface area (Å²) in [7, 11) is 0. The highest BCUT2D eigenvalue weighted by atomic mass is 35.5. The number of hydrogen-bond donors (Lipinski definition) is 2. The lowest BCUT2D eigenvalue weighted by atomic mass is 10.1. The number of benzene rings is 1. The summed E-state index contributed by atoms with van der Waals surface area (Å²) in [5, 5.41) is 26.7. The van der Waals surface area contributed by atoms with E-state index in [9.17, 15) is 9.59 Å². The van der Waals surface area contributed by atoms with E-state index in [0.29, 0.717) is 22.8 Å². The molecule has 1 aromatic carbocycles. The van der Waals surface area contributed by atoms with Gasteiger partial charge in [0, 0.05) is 23.2 Å². The summed E-state index contributed by atoms with van der Waals surface area (Å²) in [4.78, 5) is 26.8. The van der Waals surface area contributed by atoms with Crippen LogP contribution in [0.15, 0.2) is 35.8 Å². The van der Waals surface area contributed by atoms with Crippen molar-refractivity contribution in [2.24, 2.45) is 0 Å². The molecule has 0 saturated carbocycles. The molecule has 1 amide bonds. The standard InChI is InChI=1S/C18H14ClN5O3S/c1-10(21-16(25)15-9-28-17(22-15)18(26)27)8-24-5-4-14(23-24)11-2-3-12(7-20)13(19)6-11/h2-6,9-10H,8H2,1H3,(H,21,25)(H,26,27). The summed E-state index contributed by atoms with van der Waals surface area (Å²) in [6.45, 7) is 2.22. The molecule has 28 heavy (non-hydrogen) atoms. The Kier molecular flexibility index (Phi) is 5.73. The number of carboxylic acid groups (broad SMARTS) is 1. The van der Waals surface area contributed by atoms with Gasteiger partial charge in [0.2, 0.25) is 5.01 Å². The number of carboxylic acids is 1. The second kappa shape index (κ2) is 8.21. The van der Waals surface area contributed by atoms with Crippen LogP contribution >= 0.6 is 22.9 Å². The number of nitriles is 1. The molecular formula is C18H14ClN5O3S. The summed E-state index contributed by atoms with van der Waals surface area (Å²) >= 11 is 6.96. The number of nitrogens with zero attached hydrogens (tertiary/aromatic N) is 4. The SMILES string of the molecule is CC(Cn1ccc(-c2ccc(C#N)c(Cl)c2)n1)NC(=O)c1csc(C(=O)O)n1. The molecule has 1 atom stereocenters. The van der Waals surface area contributed by atoms with Crippen LogP contribution in [0.1, 0.15) is 32.8 Å². The van der Waals surface area contributed by atoms with E-state index in [4.69, 9.17) is 22.0 Å². The first-order chi connectivity index (χ1) is 13.4. The van der Waals surface area contributed by atoms with Crippen LogP contribution in [0.4, 0.5) is 0 Å². The van der Waals surface area contributed by atoms with E-state index in [1.54, 1.807) is 29.1 Å². The van der Waals surface area contributed by atoms with Gasteiger partial charge in [0.25, 0.3) is 5.91 Å². The highest BCUT2D eigenvalue weighted by Gasteiger charge is 2.17. The largest absolute Gasteiger partial charge is 0.476 e. The molecule has 0 fully saturated rings. The topological polar surface area (TPSA) is 121 Å². The molecule has 2 N–H and O–H groups in total. The molecule has 2 aromatic heterocycles. The van der Waals surface area contributed by atoms with E-state index in [0.717, 1.165) is 16.9 Å². The first-order valence-corrected chi connectivity index (χ1v) is 9.36. The van der Waals surface area contributed by atoms with Crippen molar-refractivity contribution in [1.82, 2.24) is 20.1 Å². The first kappa shape index (κ1) is 19.5. The van der Waals surface area contributed by atoms with Crippen LogP contribution in [0.25, 0.3) is 11.3 Å². The molecule has 0 aliphatic rings. The molecule has 0 aliphatic carbocycles. The number of thiazole rings is 1. The number of rotatable bonds is 6. The van der Waals surface area contributed by atoms with Gasteiger partial charge in [0.15, 0.2) is 0 Å². The average Bonchev–Trinajstić information content (AvgIpc) is 3.31. The third-order valence-electron chi connectivity index (χ3n) is 3.78. The molecule has 10 heteroatoms. The zero-order valence-electron chi connectivity index (χ0n) is 14.6. The van der Waals surface area contributed by atoms with E-state index >= 15 is 0 Å². The van der Waals surface area contributed by atoms with Gasteiger partial charge in [-0.2, -0.15) is 10.4 Å². The van der Waals surface area contributed by atoms with Gasteiger partial charge in [-0.25, -0.2) is 9.78 Å². The fourth-order valence-electron chi connectivity index (χ4n) is 2.48. The molecular weight excluding hydrogens is 402 g/mol. The van der Waals surface area contributed by atoms with E-state index in [1.165, 1.54) is 5.38 Å². The Balaban J connectivity index is 1.64. The molecule has 0 bridgehead atoms. The number of carbonyl (C=O) groups is 2. The van der Waals surface area contributed by atoms with Crippen molar-refractivity contribution in [3.05, 3.63) is 57.1 Å². The number of nitrogens with one attached hydrogen (secondary N) is 1. The summed E-state index contributed by atoms with van der Waals surface area (Å²) in [6.07, 6.45) is 1.77. The highest BCUT2D eigenvalue weighted by Crippen LogP contribution is 2.24. The van der Waals surface area contributed by atoms with Gasteiger partial charge >= 0.3 is 5.97 Å². The third kappa shape index (κ3) is 4.36. The molecule has 3 aromatic rings. The second-order valence-electron chi connectivity index (χ2n) is 5.95. The summed E-state index contributed by atoms with van der Waals surface area (Å²) < 4.78 is 1.68. The zero-order chi connectivity index (χ0) is 20.3. The molecule has 0 radical (unpaired) electrons. The van der Waals surface area contributed by atoms with Gasteiger partial charge in [0.05, 0.1) is 22.8 Å². The van der Waals surface area contributed by atoms with Gasteiger partial charge < -0.3 is 10.4 Å². The Hall–Kier alpha value is -3.22. The first-order valence-electron chi connectivity index (χ1n) is 8.10. The molecule has 142 valence electrons. The zero-order valence-corrected chi connectivity index (χ0v) is 16.2. The number of hydrogen-bond acceptors (Lipinski definition) is 6. The quantitative estimate of drug-likeness (QED) is 0.638. The lowest BCUT2D eigenvalue weighted by molar-refractivity contribution is 0.0696. The van der Waals surface area contributed by atoms with Gasteiger partial charge in [-0.1, -0.05) is 17.7 Å². The maximum Gasteiger partial charge on any atom is 0.365 e. The normalized spacial score (nSPS) is 11.6. The predicted octanol–water partition coefficient (Wildman–Crippen LogP) is 3.05. The lowest BCUT2D eigenvalue weighted by Gasteiger charge is -2.13. The third-order valence-corrected chi connectivity index (χ3v) is 4.93. The van der Waals surface area contributed by atoms with Crippen LogP contribution < -0.4 is 5.32 Å². The minimum atomic E-state index is -1.16. The summed E-state index contributed by atoms with van der Waals surface area (Å²) in [6, 6.07) is 8.64. The monoisotopic (exact) mass is 415 g/mol. The van der Waals surface area contributed by atoms with Crippen molar-refractivity contribution in [2.75, 3.05) is 0 Å². The van der Waals surface area contributed by atoms with E-state index < -0.39 is 11.9 Å². The van der Waals surface area contributed by atoms with Crippen LogP contribution in [0.2, 0.25) is 5.02 Å². The smallest absolute Gasteiger partial charge is 0.365 e. The van der Waals surface area contributed by atoms with E-state index in [1.807, 2.05) is 19.1 Å². The van der Waals surface area contributed by atoms with Gasteiger partial charge in [0.1, 0.15) is 11.8 Å². The van der Waals surface area contributed by atoms with E-state index in [-0.39, 0.29) is 16.7 Å². The summed E-state index contributed by atoms with van der Waals surface area (Å²) in [5.74, 6) is -1.61. The molecule has 2 heterocycles. The van der Waals surface area contributed by atoms with Crippen LogP contribution in [0.3, 0.4) is 0 Å². The lowest BCUT2D eigenvalue weighted by Crippen LogP contribution is -2.36. The highest BCUT2D eigenvalue weighted by molar-refractivity contribution is 7.11.